The molecule has 1 heterocycles. The van der Waals surface area contributed by atoms with Crippen LogP contribution in [0.2, 0.25) is 0 Å². The van der Waals surface area contributed by atoms with Gasteiger partial charge < -0.3 is 19.7 Å². The number of carbonyl (C=O) groups excluding carboxylic acids is 2. The molecule has 0 saturated heterocycles. The molecule has 0 aliphatic carbocycles. The van der Waals surface area contributed by atoms with Crippen molar-refractivity contribution in [1.82, 2.24) is 14.4 Å². The molecule has 164 valence electrons. The van der Waals surface area contributed by atoms with Gasteiger partial charge in [-0.15, -0.1) is 0 Å². The third-order valence-corrected chi connectivity index (χ3v) is 5.11. The van der Waals surface area contributed by atoms with Crippen molar-refractivity contribution >= 4 is 17.6 Å². The first-order valence-electron chi connectivity index (χ1n) is 10.4. The van der Waals surface area contributed by atoms with E-state index in [9.17, 15) is 14.0 Å². The number of aryl methyl sites for hydroxylation is 1. The number of halogens is 1. The summed E-state index contributed by atoms with van der Waals surface area (Å²) in [6.07, 6.45) is 2.65. The number of benzene rings is 1. The molecule has 1 aromatic heterocycles. The number of hydrogen-bond acceptors (Lipinski definition) is 2. The third-order valence-electron chi connectivity index (χ3n) is 5.11. The Morgan fingerprint density at radius 2 is 1.90 bits per heavy atom. The van der Waals surface area contributed by atoms with Crippen molar-refractivity contribution in [1.29, 1.82) is 0 Å². The van der Waals surface area contributed by atoms with Gasteiger partial charge >= 0.3 is 6.03 Å². The lowest BCUT2D eigenvalue weighted by atomic mass is 10.2. The fourth-order valence-electron chi connectivity index (χ4n) is 3.21. The Kier molecular flexibility index (Phi) is 8.45. The Morgan fingerprint density at radius 3 is 2.47 bits per heavy atom. The second-order valence-corrected chi connectivity index (χ2v) is 8.10. The average molecular weight is 417 g/mol. The second-order valence-electron chi connectivity index (χ2n) is 8.10. The Labute approximate surface area is 178 Å². The molecule has 0 aliphatic rings. The number of rotatable bonds is 9. The van der Waals surface area contributed by atoms with E-state index >= 15 is 0 Å². The van der Waals surface area contributed by atoms with Gasteiger partial charge in [0.15, 0.2) is 0 Å². The van der Waals surface area contributed by atoms with E-state index in [1.54, 1.807) is 11.0 Å². The first-order valence-corrected chi connectivity index (χ1v) is 10.4. The van der Waals surface area contributed by atoms with E-state index in [0.717, 1.165) is 5.69 Å². The molecule has 1 atom stereocenters. The fraction of sp³-hybridized carbons (Fsp3) is 0.478. The zero-order valence-electron chi connectivity index (χ0n) is 18.6. The number of anilines is 1. The van der Waals surface area contributed by atoms with E-state index in [-0.39, 0.29) is 18.5 Å². The Balaban J connectivity index is 2.16. The summed E-state index contributed by atoms with van der Waals surface area (Å²) >= 11 is 0. The van der Waals surface area contributed by atoms with Gasteiger partial charge in [-0.1, -0.05) is 26.8 Å². The van der Waals surface area contributed by atoms with Gasteiger partial charge in [-0.25, -0.2) is 9.18 Å². The topological polar surface area (TPSA) is 57.6 Å². The molecule has 2 rings (SSSR count). The van der Waals surface area contributed by atoms with Crippen LogP contribution in [-0.4, -0.2) is 45.4 Å². The van der Waals surface area contributed by atoms with Crippen LogP contribution in [0.1, 0.15) is 39.8 Å². The minimum atomic E-state index is -0.426. The quantitative estimate of drug-likeness (QED) is 0.655. The number of urea groups is 1. The smallest absolute Gasteiger partial charge is 0.322 e. The SMILES string of the molecule is CCC(C)N(CC(=O)N(Cc1cccn1C)CC(C)C)C(=O)Nc1cccc(F)c1. The molecule has 0 fully saturated rings. The molecule has 3 amide bonds. The predicted molar refractivity (Wildman–Crippen MR) is 118 cm³/mol. The van der Waals surface area contributed by atoms with Crippen LogP contribution in [0, 0.1) is 11.7 Å². The highest BCUT2D eigenvalue weighted by atomic mass is 19.1. The lowest BCUT2D eigenvalue weighted by Gasteiger charge is -2.32. The lowest BCUT2D eigenvalue weighted by molar-refractivity contribution is -0.133. The molecule has 1 unspecified atom stereocenters. The molecule has 1 N–H and O–H groups in total. The first kappa shape index (κ1) is 23.4. The van der Waals surface area contributed by atoms with Crippen LogP contribution in [0.15, 0.2) is 42.6 Å². The molecule has 2 aromatic rings. The van der Waals surface area contributed by atoms with Crippen LogP contribution in [0.25, 0.3) is 0 Å². The molecule has 0 aliphatic heterocycles. The number of amides is 3. The summed E-state index contributed by atoms with van der Waals surface area (Å²) in [6.45, 7) is 9.05. The van der Waals surface area contributed by atoms with E-state index < -0.39 is 11.8 Å². The van der Waals surface area contributed by atoms with Gasteiger partial charge in [-0.3, -0.25) is 4.79 Å². The number of aromatic nitrogens is 1. The number of nitrogens with zero attached hydrogens (tertiary/aromatic N) is 3. The zero-order chi connectivity index (χ0) is 22.3. The highest BCUT2D eigenvalue weighted by Crippen LogP contribution is 2.14. The maximum atomic E-state index is 13.5. The first-order chi connectivity index (χ1) is 14.2. The monoisotopic (exact) mass is 416 g/mol. The van der Waals surface area contributed by atoms with Crippen LogP contribution in [-0.2, 0) is 18.4 Å². The minimum Gasteiger partial charge on any atom is -0.353 e. The average Bonchev–Trinajstić information content (AvgIpc) is 3.09. The van der Waals surface area contributed by atoms with Crippen molar-refractivity contribution in [3.63, 3.8) is 0 Å². The van der Waals surface area contributed by atoms with Gasteiger partial charge in [-0.05, 0) is 49.6 Å². The molecular formula is C23H33FN4O2. The van der Waals surface area contributed by atoms with Gasteiger partial charge in [-0.2, -0.15) is 0 Å². The summed E-state index contributed by atoms with van der Waals surface area (Å²) in [7, 11) is 1.95. The number of nitrogens with one attached hydrogen (secondary N) is 1. The second kappa shape index (κ2) is 10.8. The Bertz CT molecular complexity index is 849. The molecule has 30 heavy (non-hydrogen) atoms. The van der Waals surface area contributed by atoms with E-state index in [4.69, 9.17) is 0 Å². The maximum absolute atomic E-state index is 13.5. The van der Waals surface area contributed by atoms with Crippen molar-refractivity contribution in [3.05, 3.63) is 54.1 Å². The van der Waals surface area contributed by atoms with Gasteiger partial charge in [0.25, 0.3) is 0 Å². The van der Waals surface area contributed by atoms with Crippen molar-refractivity contribution in [2.24, 2.45) is 13.0 Å². The lowest BCUT2D eigenvalue weighted by Crippen LogP contribution is -2.48. The summed E-state index contributed by atoms with van der Waals surface area (Å²) in [5, 5.41) is 2.71. The van der Waals surface area contributed by atoms with Crippen LogP contribution < -0.4 is 5.32 Å². The van der Waals surface area contributed by atoms with Crippen LogP contribution in [0.3, 0.4) is 0 Å². The molecule has 0 radical (unpaired) electrons. The highest BCUT2D eigenvalue weighted by molar-refractivity contribution is 5.92. The van der Waals surface area contributed by atoms with E-state index in [2.05, 4.69) is 19.2 Å². The largest absolute Gasteiger partial charge is 0.353 e. The Hall–Kier alpha value is -2.83. The van der Waals surface area contributed by atoms with Crippen LogP contribution in [0.5, 0.6) is 0 Å². The molecule has 6 nitrogen and oxygen atoms in total. The highest BCUT2D eigenvalue weighted by Gasteiger charge is 2.25. The van der Waals surface area contributed by atoms with Gasteiger partial charge in [0.1, 0.15) is 12.4 Å². The summed E-state index contributed by atoms with van der Waals surface area (Å²) in [5.41, 5.74) is 1.40. The molecular weight excluding hydrogens is 383 g/mol. The number of hydrogen-bond donors (Lipinski definition) is 1. The van der Waals surface area contributed by atoms with Crippen molar-refractivity contribution in [3.8, 4) is 0 Å². The summed E-state index contributed by atoms with van der Waals surface area (Å²) in [5.74, 6) is -0.239. The molecule has 0 saturated carbocycles. The molecule has 0 bridgehead atoms. The normalized spacial score (nSPS) is 12.0. The Morgan fingerprint density at radius 1 is 1.17 bits per heavy atom. The molecule has 0 spiro atoms. The maximum Gasteiger partial charge on any atom is 0.322 e. The third kappa shape index (κ3) is 6.61. The summed E-state index contributed by atoms with van der Waals surface area (Å²) in [6, 6.07) is 9.12. The number of carbonyl (C=O) groups is 2. The van der Waals surface area contributed by atoms with Crippen molar-refractivity contribution < 1.29 is 14.0 Å². The summed E-state index contributed by atoms with van der Waals surface area (Å²) < 4.78 is 15.5. The fourth-order valence-corrected chi connectivity index (χ4v) is 3.21. The van der Waals surface area contributed by atoms with E-state index in [1.165, 1.54) is 23.1 Å². The minimum absolute atomic E-state index is 0.0344. The van der Waals surface area contributed by atoms with Crippen LogP contribution in [0.4, 0.5) is 14.9 Å². The van der Waals surface area contributed by atoms with Gasteiger partial charge in [0.2, 0.25) is 5.91 Å². The van der Waals surface area contributed by atoms with E-state index in [1.807, 2.05) is 43.8 Å². The van der Waals surface area contributed by atoms with Crippen molar-refractivity contribution in [2.75, 3.05) is 18.4 Å². The zero-order valence-corrected chi connectivity index (χ0v) is 18.6. The summed E-state index contributed by atoms with van der Waals surface area (Å²) in [4.78, 5) is 29.4. The van der Waals surface area contributed by atoms with E-state index in [0.29, 0.717) is 31.1 Å². The van der Waals surface area contributed by atoms with Crippen molar-refractivity contribution in [2.45, 2.75) is 46.7 Å². The van der Waals surface area contributed by atoms with Crippen LogP contribution >= 0.6 is 0 Å². The van der Waals surface area contributed by atoms with Gasteiger partial charge in [0.05, 0.1) is 6.54 Å². The standard InChI is InChI=1S/C23H33FN4O2/c1-6-18(4)28(23(30)25-20-10-7-9-19(24)13-20)16-22(29)27(14-17(2)3)15-21-11-8-12-26(21)5/h7-13,17-18H,6,14-16H2,1-5H3,(H,25,30). The molecule has 7 heteroatoms. The predicted octanol–water partition coefficient (Wildman–Crippen LogP) is 4.48. The van der Waals surface area contributed by atoms with Gasteiger partial charge in [0, 0.05) is 37.2 Å². The molecule has 1 aromatic carbocycles.